The van der Waals surface area contributed by atoms with E-state index < -0.39 is 10.0 Å². The zero-order chi connectivity index (χ0) is 27.0. The van der Waals surface area contributed by atoms with E-state index in [1.54, 1.807) is 28.4 Å². The van der Waals surface area contributed by atoms with E-state index in [0.29, 0.717) is 32.7 Å². The Morgan fingerprint density at radius 1 is 0.921 bits per heavy atom. The van der Waals surface area contributed by atoms with Gasteiger partial charge in [0.15, 0.2) is 0 Å². The minimum atomic E-state index is -3.92. The van der Waals surface area contributed by atoms with Gasteiger partial charge in [0.1, 0.15) is 0 Å². The molecule has 1 amide bonds. The summed E-state index contributed by atoms with van der Waals surface area (Å²) in [6, 6.07) is 24.6. The Balaban J connectivity index is 1.61. The Morgan fingerprint density at radius 2 is 1.66 bits per heavy atom. The SMILES string of the molecule is CCOCCCN(CC(=O)N(Cc1ccccc1)Cc1sccc1C)S(=O)(=O)c1ccc2ccccc2c1. The topological polar surface area (TPSA) is 66.9 Å². The second-order valence-electron chi connectivity index (χ2n) is 9.16. The normalized spacial score (nSPS) is 11.8. The van der Waals surface area contributed by atoms with Gasteiger partial charge in [-0.1, -0.05) is 60.7 Å². The highest BCUT2D eigenvalue weighted by molar-refractivity contribution is 7.89. The van der Waals surface area contributed by atoms with Crippen molar-refractivity contribution in [2.75, 3.05) is 26.3 Å². The number of sulfonamides is 1. The molecule has 0 spiro atoms. The van der Waals surface area contributed by atoms with E-state index in [2.05, 4.69) is 0 Å². The Bertz CT molecular complexity index is 1450. The van der Waals surface area contributed by atoms with Gasteiger partial charge in [0.05, 0.1) is 18.0 Å². The van der Waals surface area contributed by atoms with Crippen LogP contribution in [-0.2, 0) is 32.6 Å². The Labute approximate surface area is 229 Å². The van der Waals surface area contributed by atoms with Crippen molar-refractivity contribution in [2.45, 2.75) is 38.3 Å². The molecule has 0 aliphatic carbocycles. The molecule has 200 valence electrons. The standard InChI is InChI=1S/C30H34N2O4S2/c1-3-36-18-9-17-32(38(34,35)28-15-14-26-12-7-8-13-27(26)20-28)23-30(33)31(21-25-10-5-4-6-11-25)22-29-24(2)16-19-37-29/h4-8,10-16,19-20H,3,9,17-18,21-23H2,1-2H3. The van der Waals surface area contributed by atoms with E-state index in [9.17, 15) is 13.2 Å². The van der Waals surface area contributed by atoms with Gasteiger partial charge in [-0.3, -0.25) is 4.79 Å². The van der Waals surface area contributed by atoms with Gasteiger partial charge in [0.2, 0.25) is 15.9 Å². The van der Waals surface area contributed by atoms with Crippen LogP contribution >= 0.6 is 11.3 Å². The number of carbonyl (C=O) groups is 1. The predicted molar refractivity (Wildman–Crippen MR) is 154 cm³/mol. The Hall–Kier alpha value is -3.04. The van der Waals surface area contributed by atoms with Gasteiger partial charge in [-0.15, -0.1) is 11.3 Å². The van der Waals surface area contributed by atoms with Crippen LogP contribution in [0.1, 0.15) is 29.3 Å². The number of benzene rings is 3. The summed E-state index contributed by atoms with van der Waals surface area (Å²) in [5.74, 6) is -0.234. The Kier molecular flexibility index (Phi) is 9.69. The van der Waals surface area contributed by atoms with Crippen molar-refractivity contribution in [3.8, 4) is 0 Å². The molecule has 0 saturated heterocycles. The molecular weight excluding hydrogens is 516 g/mol. The summed E-state index contributed by atoms with van der Waals surface area (Å²) in [5.41, 5.74) is 2.12. The first kappa shape index (κ1) is 28.0. The first-order valence-electron chi connectivity index (χ1n) is 12.8. The second kappa shape index (κ2) is 13.2. The molecule has 0 atom stereocenters. The predicted octanol–water partition coefficient (Wildman–Crippen LogP) is 5.86. The molecule has 0 radical (unpaired) electrons. The van der Waals surface area contributed by atoms with Crippen molar-refractivity contribution >= 4 is 38.0 Å². The molecule has 0 saturated carbocycles. The van der Waals surface area contributed by atoms with Gasteiger partial charge in [-0.2, -0.15) is 4.31 Å². The van der Waals surface area contributed by atoms with Crippen molar-refractivity contribution in [3.05, 3.63) is 100 Å². The average Bonchev–Trinajstić information content (AvgIpc) is 3.34. The maximum Gasteiger partial charge on any atom is 0.243 e. The molecule has 0 bridgehead atoms. The maximum absolute atomic E-state index is 13.8. The highest BCUT2D eigenvalue weighted by Crippen LogP contribution is 2.24. The van der Waals surface area contributed by atoms with E-state index in [-0.39, 0.29) is 23.9 Å². The summed E-state index contributed by atoms with van der Waals surface area (Å²) < 4.78 is 34.4. The number of rotatable bonds is 13. The summed E-state index contributed by atoms with van der Waals surface area (Å²) in [5, 5.41) is 3.82. The zero-order valence-electron chi connectivity index (χ0n) is 21.9. The van der Waals surface area contributed by atoms with Crippen LogP contribution in [0.15, 0.2) is 89.1 Å². The number of aryl methyl sites for hydroxylation is 1. The van der Waals surface area contributed by atoms with Gasteiger partial charge in [0.25, 0.3) is 0 Å². The molecule has 0 unspecified atom stereocenters. The second-order valence-corrected chi connectivity index (χ2v) is 12.1. The number of fused-ring (bicyclic) bond motifs is 1. The van der Waals surface area contributed by atoms with Crippen LogP contribution < -0.4 is 0 Å². The third-order valence-electron chi connectivity index (χ3n) is 6.44. The highest BCUT2D eigenvalue weighted by atomic mass is 32.2. The largest absolute Gasteiger partial charge is 0.382 e. The van der Waals surface area contributed by atoms with Crippen LogP contribution in [0.5, 0.6) is 0 Å². The number of amides is 1. The molecule has 38 heavy (non-hydrogen) atoms. The first-order valence-corrected chi connectivity index (χ1v) is 15.1. The lowest BCUT2D eigenvalue weighted by Gasteiger charge is -2.27. The molecule has 6 nitrogen and oxygen atoms in total. The molecule has 0 N–H and O–H groups in total. The summed E-state index contributed by atoms with van der Waals surface area (Å²) in [6.45, 7) is 5.71. The van der Waals surface area contributed by atoms with Gasteiger partial charge >= 0.3 is 0 Å². The van der Waals surface area contributed by atoms with E-state index in [0.717, 1.165) is 26.8 Å². The highest BCUT2D eigenvalue weighted by Gasteiger charge is 2.29. The fraction of sp³-hybridized carbons (Fsp3) is 0.300. The molecule has 1 heterocycles. The van der Waals surface area contributed by atoms with Crippen LogP contribution in [0.25, 0.3) is 10.8 Å². The summed E-state index contributed by atoms with van der Waals surface area (Å²) in [4.78, 5) is 16.8. The van der Waals surface area contributed by atoms with Crippen LogP contribution in [0, 0.1) is 6.92 Å². The van der Waals surface area contributed by atoms with Crippen molar-refractivity contribution in [1.82, 2.24) is 9.21 Å². The van der Waals surface area contributed by atoms with E-state index in [1.807, 2.05) is 86.0 Å². The molecule has 3 aromatic carbocycles. The van der Waals surface area contributed by atoms with E-state index >= 15 is 0 Å². The third kappa shape index (κ3) is 7.08. The molecule has 4 rings (SSSR count). The number of ether oxygens (including phenoxy) is 1. The number of hydrogen-bond acceptors (Lipinski definition) is 5. The summed E-state index contributed by atoms with van der Waals surface area (Å²) in [7, 11) is -3.92. The van der Waals surface area contributed by atoms with Gasteiger partial charge in [-0.25, -0.2) is 8.42 Å². The molecule has 0 aliphatic heterocycles. The molecule has 4 aromatic rings. The fourth-order valence-corrected chi connectivity index (χ4v) is 6.66. The van der Waals surface area contributed by atoms with Crippen LogP contribution in [0.4, 0.5) is 0 Å². The molecule has 8 heteroatoms. The first-order chi connectivity index (χ1) is 18.4. The monoisotopic (exact) mass is 550 g/mol. The minimum absolute atomic E-state index is 0.184. The Morgan fingerprint density at radius 3 is 2.37 bits per heavy atom. The van der Waals surface area contributed by atoms with Gasteiger partial charge in [-0.05, 0) is 65.7 Å². The van der Waals surface area contributed by atoms with Crippen LogP contribution in [0.2, 0.25) is 0 Å². The zero-order valence-corrected chi connectivity index (χ0v) is 23.5. The van der Waals surface area contributed by atoms with Gasteiger partial charge in [0, 0.05) is 31.2 Å². The molecule has 0 aliphatic rings. The quantitative estimate of drug-likeness (QED) is 0.196. The fourth-order valence-electron chi connectivity index (χ4n) is 4.27. The van der Waals surface area contributed by atoms with Crippen molar-refractivity contribution in [1.29, 1.82) is 0 Å². The number of carbonyl (C=O) groups excluding carboxylic acids is 1. The molecular formula is C30H34N2O4S2. The minimum Gasteiger partial charge on any atom is -0.382 e. The lowest BCUT2D eigenvalue weighted by molar-refractivity contribution is -0.132. The number of thiophene rings is 1. The van der Waals surface area contributed by atoms with E-state index in [1.165, 1.54) is 4.31 Å². The van der Waals surface area contributed by atoms with Crippen molar-refractivity contribution in [3.63, 3.8) is 0 Å². The van der Waals surface area contributed by atoms with Crippen LogP contribution in [-0.4, -0.2) is 49.8 Å². The summed E-state index contributed by atoms with van der Waals surface area (Å²) in [6.07, 6.45) is 0.497. The van der Waals surface area contributed by atoms with Gasteiger partial charge < -0.3 is 9.64 Å². The number of nitrogens with zero attached hydrogens (tertiary/aromatic N) is 2. The smallest absolute Gasteiger partial charge is 0.243 e. The van der Waals surface area contributed by atoms with Crippen LogP contribution in [0.3, 0.4) is 0 Å². The molecule has 0 fully saturated rings. The third-order valence-corrected chi connectivity index (χ3v) is 9.29. The average molecular weight is 551 g/mol. The van der Waals surface area contributed by atoms with Crippen molar-refractivity contribution < 1.29 is 17.9 Å². The lowest BCUT2D eigenvalue weighted by Crippen LogP contribution is -2.43. The van der Waals surface area contributed by atoms with E-state index in [4.69, 9.17) is 4.74 Å². The number of hydrogen-bond donors (Lipinski definition) is 0. The maximum atomic E-state index is 13.8. The van der Waals surface area contributed by atoms with Crippen molar-refractivity contribution in [2.24, 2.45) is 0 Å². The summed E-state index contributed by atoms with van der Waals surface area (Å²) >= 11 is 1.61. The lowest BCUT2D eigenvalue weighted by atomic mass is 10.1. The molecule has 1 aromatic heterocycles.